The first-order chi connectivity index (χ1) is 12.3. The normalized spacial score (nSPS) is 11.1. The van der Waals surface area contributed by atoms with Crippen molar-refractivity contribution in [1.82, 2.24) is 5.32 Å². The summed E-state index contributed by atoms with van der Waals surface area (Å²) >= 11 is 0. The number of halogens is 3. The summed E-state index contributed by atoms with van der Waals surface area (Å²) < 4.78 is 41.3. The molecule has 2 N–H and O–H groups in total. The molecule has 0 aliphatic heterocycles. The summed E-state index contributed by atoms with van der Waals surface area (Å²) in [5, 5.41) is 4.44. The molecular formula is C18H17F3N2O3. The Morgan fingerprint density at radius 3 is 2.31 bits per heavy atom. The van der Waals surface area contributed by atoms with Gasteiger partial charge in [0.1, 0.15) is 6.54 Å². The minimum absolute atomic E-state index is 0.0642. The summed E-state index contributed by atoms with van der Waals surface area (Å²) in [5.74, 6) is -1.19. The predicted molar refractivity (Wildman–Crippen MR) is 89.9 cm³/mol. The monoisotopic (exact) mass is 366 g/mol. The van der Waals surface area contributed by atoms with Crippen LogP contribution in [0.3, 0.4) is 0 Å². The highest BCUT2D eigenvalue weighted by Gasteiger charge is 2.27. The molecule has 0 radical (unpaired) electrons. The van der Waals surface area contributed by atoms with Crippen molar-refractivity contribution >= 4 is 17.5 Å². The fourth-order valence-corrected chi connectivity index (χ4v) is 2.16. The van der Waals surface area contributed by atoms with Crippen LogP contribution in [0.5, 0.6) is 0 Å². The van der Waals surface area contributed by atoms with E-state index in [1.807, 2.05) is 6.07 Å². The van der Waals surface area contributed by atoms with Crippen molar-refractivity contribution in [2.24, 2.45) is 0 Å². The van der Waals surface area contributed by atoms with Crippen LogP contribution in [0.4, 0.5) is 18.9 Å². The number of alkyl halides is 3. The van der Waals surface area contributed by atoms with Crippen LogP contribution in [0.25, 0.3) is 0 Å². The van der Waals surface area contributed by atoms with Crippen LogP contribution in [0, 0.1) is 0 Å². The van der Waals surface area contributed by atoms with E-state index in [4.69, 9.17) is 4.74 Å². The van der Waals surface area contributed by atoms with Crippen molar-refractivity contribution in [3.8, 4) is 0 Å². The van der Waals surface area contributed by atoms with Gasteiger partial charge >= 0.3 is 6.18 Å². The molecule has 2 amide bonds. The molecule has 26 heavy (non-hydrogen) atoms. The summed E-state index contributed by atoms with van der Waals surface area (Å²) in [6, 6.07) is 12.5. The van der Waals surface area contributed by atoms with Gasteiger partial charge in [0.2, 0.25) is 0 Å². The van der Waals surface area contributed by atoms with E-state index in [-0.39, 0.29) is 11.5 Å². The second kappa shape index (κ2) is 8.48. The molecule has 0 fully saturated rings. The van der Waals surface area contributed by atoms with E-state index in [9.17, 15) is 22.8 Å². The van der Waals surface area contributed by atoms with E-state index in [1.54, 1.807) is 30.6 Å². The van der Waals surface area contributed by atoms with Crippen molar-refractivity contribution < 1.29 is 27.5 Å². The van der Waals surface area contributed by atoms with E-state index in [0.717, 1.165) is 5.56 Å². The standard InChI is InChI=1S/C18H17F3N2O3/c1-26-10-12-3-2-4-14(9-12)17(25)23-15-7-5-13(6-8-15)16(24)22-11-18(19,20)21/h2-9H,10-11H2,1H3,(H,22,24)(H,23,25). The highest BCUT2D eigenvalue weighted by Crippen LogP contribution is 2.15. The first-order valence-electron chi connectivity index (χ1n) is 7.63. The molecule has 0 saturated carbocycles. The van der Waals surface area contributed by atoms with Gasteiger partial charge in [-0.2, -0.15) is 13.2 Å². The number of hydrogen-bond donors (Lipinski definition) is 2. The topological polar surface area (TPSA) is 67.4 Å². The zero-order valence-corrected chi connectivity index (χ0v) is 13.9. The third kappa shape index (κ3) is 5.89. The maximum atomic E-state index is 12.2. The Kier molecular flexibility index (Phi) is 6.35. The average Bonchev–Trinajstić information content (AvgIpc) is 2.60. The Morgan fingerprint density at radius 1 is 1.00 bits per heavy atom. The van der Waals surface area contributed by atoms with Crippen LogP contribution in [0.1, 0.15) is 26.3 Å². The minimum atomic E-state index is -4.47. The Bertz CT molecular complexity index is 774. The summed E-state index contributed by atoms with van der Waals surface area (Å²) in [7, 11) is 1.55. The van der Waals surface area contributed by atoms with Gasteiger partial charge in [-0.15, -0.1) is 0 Å². The van der Waals surface area contributed by atoms with Gasteiger partial charge in [0.25, 0.3) is 11.8 Å². The minimum Gasteiger partial charge on any atom is -0.380 e. The molecule has 2 aromatic rings. The molecular weight excluding hydrogens is 349 g/mol. The van der Waals surface area contributed by atoms with Gasteiger partial charge in [-0.05, 0) is 42.0 Å². The average molecular weight is 366 g/mol. The third-order valence-corrected chi connectivity index (χ3v) is 3.35. The maximum absolute atomic E-state index is 12.2. The Labute approximate surface area is 148 Å². The lowest BCUT2D eigenvalue weighted by Crippen LogP contribution is -2.33. The van der Waals surface area contributed by atoms with Crippen molar-refractivity contribution in [2.75, 3.05) is 19.0 Å². The van der Waals surface area contributed by atoms with E-state index in [2.05, 4.69) is 5.32 Å². The molecule has 0 saturated heterocycles. The molecule has 138 valence electrons. The number of methoxy groups -OCH3 is 1. The van der Waals surface area contributed by atoms with Crippen molar-refractivity contribution in [1.29, 1.82) is 0 Å². The molecule has 0 aliphatic carbocycles. The van der Waals surface area contributed by atoms with Crippen molar-refractivity contribution in [2.45, 2.75) is 12.8 Å². The molecule has 2 aromatic carbocycles. The molecule has 8 heteroatoms. The molecule has 2 rings (SSSR count). The van der Waals surface area contributed by atoms with Crippen LogP contribution in [-0.4, -0.2) is 31.6 Å². The van der Waals surface area contributed by atoms with E-state index < -0.39 is 18.6 Å². The smallest absolute Gasteiger partial charge is 0.380 e. The zero-order valence-electron chi connectivity index (χ0n) is 13.9. The Morgan fingerprint density at radius 2 is 1.69 bits per heavy atom. The quantitative estimate of drug-likeness (QED) is 0.824. The van der Waals surface area contributed by atoms with Gasteiger partial charge in [0.05, 0.1) is 6.61 Å². The fourth-order valence-electron chi connectivity index (χ4n) is 2.16. The predicted octanol–water partition coefficient (Wildman–Crippen LogP) is 3.38. The zero-order chi connectivity index (χ0) is 19.2. The lowest BCUT2D eigenvalue weighted by atomic mass is 10.1. The van der Waals surface area contributed by atoms with Crippen LogP contribution in [-0.2, 0) is 11.3 Å². The SMILES string of the molecule is COCc1cccc(C(=O)Nc2ccc(C(=O)NCC(F)(F)F)cc2)c1. The van der Waals surface area contributed by atoms with Crippen molar-refractivity contribution in [3.05, 3.63) is 65.2 Å². The third-order valence-electron chi connectivity index (χ3n) is 3.35. The second-order valence-corrected chi connectivity index (χ2v) is 5.46. The Balaban J connectivity index is 1.99. The van der Waals surface area contributed by atoms with E-state index >= 15 is 0 Å². The van der Waals surface area contributed by atoms with Gasteiger partial charge < -0.3 is 15.4 Å². The lowest BCUT2D eigenvalue weighted by Gasteiger charge is -2.10. The number of ether oxygens (including phenoxy) is 1. The number of anilines is 1. The van der Waals surface area contributed by atoms with Crippen LogP contribution in [0.2, 0.25) is 0 Å². The van der Waals surface area contributed by atoms with Crippen molar-refractivity contribution in [3.63, 3.8) is 0 Å². The molecule has 0 spiro atoms. The number of carbonyl (C=O) groups excluding carboxylic acids is 2. The summed E-state index contributed by atoms with van der Waals surface area (Å²) in [4.78, 5) is 23.9. The maximum Gasteiger partial charge on any atom is 0.405 e. The second-order valence-electron chi connectivity index (χ2n) is 5.46. The first kappa shape index (κ1) is 19.5. The van der Waals surface area contributed by atoms with Gasteiger partial charge in [-0.1, -0.05) is 12.1 Å². The lowest BCUT2D eigenvalue weighted by molar-refractivity contribution is -0.123. The molecule has 5 nitrogen and oxygen atoms in total. The van der Waals surface area contributed by atoms with Gasteiger partial charge in [0.15, 0.2) is 0 Å². The first-order valence-corrected chi connectivity index (χ1v) is 7.63. The summed E-state index contributed by atoms with van der Waals surface area (Å²) in [6.07, 6.45) is -4.47. The number of rotatable bonds is 6. The number of hydrogen-bond acceptors (Lipinski definition) is 3. The van der Waals surface area contributed by atoms with Gasteiger partial charge in [0, 0.05) is 23.9 Å². The number of amides is 2. The molecule has 0 unspecified atom stereocenters. The van der Waals surface area contributed by atoms with E-state index in [0.29, 0.717) is 17.9 Å². The van der Waals surface area contributed by atoms with Gasteiger partial charge in [-0.3, -0.25) is 9.59 Å². The highest BCUT2D eigenvalue weighted by molar-refractivity contribution is 6.04. The van der Waals surface area contributed by atoms with E-state index in [1.165, 1.54) is 24.3 Å². The highest BCUT2D eigenvalue weighted by atomic mass is 19.4. The molecule has 0 atom stereocenters. The summed E-state index contributed by atoms with van der Waals surface area (Å²) in [6.45, 7) is -1.02. The number of nitrogens with one attached hydrogen (secondary N) is 2. The molecule has 0 heterocycles. The largest absolute Gasteiger partial charge is 0.405 e. The fraction of sp³-hybridized carbons (Fsp3) is 0.222. The number of carbonyl (C=O) groups is 2. The summed E-state index contributed by atoms with van der Waals surface area (Å²) in [5.41, 5.74) is 1.76. The number of benzene rings is 2. The Hall–Kier alpha value is -2.87. The molecule has 0 bridgehead atoms. The van der Waals surface area contributed by atoms with Crippen LogP contribution < -0.4 is 10.6 Å². The van der Waals surface area contributed by atoms with Gasteiger partial charge in [-0.25, -0.2) is 0 Å². The van der Waals surface area contributed by atoms with Crippen LogP contribution in [0.15, 0.2) is 48.5 Å². The molecule has 0 aromatic heterocycles. The van der Waals surface area contributed by atoms with Crippen LogP contribution >= 0.6 is 0 Å². The molecule has 0 aliphatic rings.